The fourth-order valence-electron chi connectivity index (χ4n) is 4.38. The second-order valence-electron chi connectivity index (χ2n) is 7.42. The molecule has 8 nitrogen and oxygen atoms in total. The third kappa shape index (κ3) is 5.53. The number of methoxy groups -OCH3 is 4. The van der Waals surface area contributed by atoms with Crippen LogP contribution in [0.3, 0.4) is 0 Å². The Morgan fingerprint density at radius 2 is 0.893 bits per heavy atom. The molecule has 0 aromatic rings. The van der Waals surface area contributed by atoms with Gasteiger partial charge in [-0.3, -0.25) is 9.59 Å². The van der Waals surface area contributed by atoms with Crippen molar-refractivity contribution in [3.05, 3.63) is 12.2 Å². The second-order valence-corrected chi connectivity index (χ2v) is 7.42. The topological polar surface area (TPSA) is 77.5 Å². The van der Waals surface area contributed by atoms with Crippen molar-refractivity contribution in [2.75, 3.05) is 54.9 Å². The smallest absolute Gasteiger partial charge is 0.247 e. The molecular formula is C20H34N2O6. The van der Waals surface area contributed by atoms with Gasteiger partial charge < -0.3 is 28.7 Å². The van der Waals surface area contributed by atoms with Crippen molar-refractivity contribution in [2.45, 2.75) is 49.9 Å². The number of ether oxygens (including phenoxy) is 4. The summed E-state index contributed by atoms with van der Waals surface area (Å²) in [7, 11) is 6.52. The van der Waals surface area contributed by atoms with Crippen LogP contribution in [0.1, 0.15) is 25.7 Å². The number of carbonyl (C=O) groups is 2. The maximum atomic E-state index is 12.9. The Morgan fingerprint density at radius 1 is 0.643 bits per heavy atom. The van der Waals surface area contributed by atoms with Crippen LogP contribution in [0.15, 0.2) is 12.2 Å². The maximum Gasteiger partial charge on any atom is 0.247 e. The van der Waals surface area contributed by atoms with Gasteiger partial charge in [-0.15, -0.1) is 0 Å². The van der Waals surface area contributed by atoms with Crippen LogP contribution in [-0.2, 0) is 28.5 Å². The number of rotatable bonds is 10. The van der Waals surface area contributed by atoms with Crippen LogP contribution in [0.25, 0.3) is 0 Å². The number of hydrogen-bond acceptors (Lipinski definition) is 6. The van der Waals surface area contributed by atoms with Crippen molar-refractivity contribution in [2.24, 2.45) is 0 Å². The highest BCUT2D eigenvalue weighted by atomic mass is 16.5. The molecule has 2 fully saturated rings. The van der Waals surface area contributed by atoms with Gasteiger partial charge in [0.2, 0.25) is 11.8 Å². The molecule has 0 saturated carbocycles. The molecule has 2 amide bonds. The van der Waals surface area contributed by atoms with Crippen LogP contribution in [0, 0.1) is 0 Å². The minimum Gasteiger partial charge on any atom is -0.383 e. The lowest BCUT2D eigenvalue weighted by Gasteiger charge is -2.30. The summed E-state index contributed by atoms with van der Waals surface area (Å²) >= 11 is 0. The number of hydrogen-bond donors (Lipinski definition) is 0. The Bertz CT molecular complexity index is 467. The molecule has 0 bridgehead atoms. The van der Waals surface area contributed by atoms with Crippen LogP contribution < -0.4 is 0 Å². The highest BCUT2D eigenvalue weighted by Crippen LogP contribution is 2.27. The number of nitrogens with zero attached hydrogens (tertiary/aromatic N) is 2. The molecule has 4 atom stereocenters. The molecule has 0 aromatic heterocycles. The SMILES string of the molecule is COC[C@H]1CC[C@H](COC)N1C(=O)/C=C/C(=O)N1[C@@H](COC)CC[C@@H]1COC. The molecule has 8 heteroatoms. The van der Waals surface area contributed by atoms with E-state index in [-0.39, 0.29) is 36.0 Å². The molecule has 0 N–H and O–H groups in total. The van der Waals surface area contributed by atoms with Crippen molar-refractivity contribution >= 4 is 11.8 Å². The van der Waals surface area contributed by atoms with E-state index in [1.807, 2.05) is 0 Å². The quantitative estimate of drug-likeness (QED) is 0.508. The molecule has 0 aromatic carbocycles. The fourth-order valence-corrected chi connectivity index (χ4v) is 4.38. The van der Waals surface area contributed by atoms with Crippen LogP contribution in [0.2, 0.25) is 0 Å². The minimum atomic E-state index is -0.180. The zero-order valence-electron chi connectivity index (χ0n) is 17.5. The summed E-state index contributed by atoms with van der Waals surface area (Å²) < 4.78 is 21.0. The Morgan fingerprint density at radius 3 is 1.11 bits per heavy atom. The van der Waals surface area contributed by atoms with Crippen molar-refractivity contribution in [1.82, 2.24) is 9.80 Å². The lowest BCUT2D eigenvalue weighted by molar-refractivity contribution is -0.133. The number of likely N-dealkylation sites (tertiary alicyclic amines) is 2. The summed E-state index contributed by atoms with van der Waals surface area (Å²) in [4.78, 5) is 29.3. The van der Waals surface area contributed by atoms with Crippen LogP contribution in [0.5, 0.6) is 0 Å². The molecule has 160 valence electrons. The van der Waals surface area contributed by atoms with Gasteiger partial charge >= 0.3 is 0 Å². The standard InChI is InChI=1S/C20H34N2O6/c1-25-11-15-5-6-16(12-26-2)21(15)19(23)9-10-20(24)22-17(13-27-3)7-8-18(22)14-28-4/h9-10,15-18H,5-8,11-14H2,1-4H3/b10-9+/t15-,16-,17-,18-/m1/s1. The molecule has 0 spiro atoms. The van der Waals surface area contributed by atoms with E-state index in [1.165, 1.54) is 12.2 Å². The van der Waals surface area contributed by atoms with Crippen molar-refractivity contribution < 1.29 is 28.5 Å². The van der Waals surface area contributed by atoms with Crippen molar-refractivity contribution in [1.29, 1.82) is 0 Å². The zero-order valence-corrected chi connectivity index (χ0v) is 17.5. The van der Waals surface area contributed by atoms with Gasteiger partial charge in [0, 0.05) is 40.6 Å². The normalized spacial score (nSPS) is 27.9. The first kappa shape index (κ1) is 22.8. The Labute approximate surface area is 167 Å². The first-order valence-corrected chi connectivity index (χ1v) is 9.85. The summed E-state index contributed by atoms with van der Waals surface area (Å²) in [5.74, 6) is -0.360. The predicted octanol–water partition coefficient (Wildman–Crippen LogP) is 0.847. The monoisotopic (exact) mass is 398 g/mol. The van der Waals surface area contributed by atoms with E-state index < -0.39 is 0 Å². The molecule has 2 heterocycles. The molecule has 2 rings (SSSR count). The van der Waals surface area contributed by atoms with Crippen LogP contribution >= 0.6 is 0 Å². The molecule has 0 aliphatic carbocycles. The molecule has 28 heavy (non-hydrogen) atoms. The van der Waals surface area contributed by atoms with Gasteiger partial charge in [-0.1, -0.05) is 0 Å². The molecule has 0 unspecified atom stereocenters. The summed E-state index contributed by atoms with van der Waals surface area (Å²) in [5.41, 5.74) is 0. The summed E-state index contributed by atoms with van der Waals surface area (Å²) in [6, 6.07) is 0.0247. The van der Waals surface area contributed by atoms with Gasteiger partial charge in [0.25, 0.3) is 0 Å². The summed E-state index contributed by atoms with van der Waals surface area (Å²) in [5, 5.41) is 0. The van der Waals surface area contributed by atoms with E-state index in [2.05, 4.69) is 0 Å². The minimum absolute atomic E-state index is 0.00617. The lowest BCUT2D eigenvalue weighted by atomic mass is 10.2. The van der Waals surface area contributed by atoms with Gasteiger partial charge in [-0.05, 0) is 25.7 Å². The predicted molar refractivity (Wildman–Crippen MR) is 104 cm³/mol. The van der Waals surface area contributed by atoms with Gasteiger partial charge in [0.15, 0.2) is 0 Å². The fraction of sp³-hybridized carbons (Fsp3) is 0.800. The van der Waals surface area contributed by atoms with E-state index in [0.29, 0.717) is 26.4 Å². The average Bonchev–Trinajstić information content (AvgIpc) is 3.25. The molecule has 0 radical (unpaired) electrons. The number of amides is 2. The van der Waals surface area contributed by atoms with Crippen molar-refractivity contribution in [3.63, 3.8) is 0 Å². The average molecular weight is 399 g/mol. The second kappa shape index (κ2) is 11.5. The summed E-state index contributed by atoms with van der Waals surface area (Å²) in [6.45, 7) is 1.91. The lowest BCUT2D eigenvalue weighted by Crippen LogP contribution is -2.45. The van der Waals surface area contributed by atoms with E-state index in [0.717, 1.165) is 25.7 Å². The third-order valence-corrected chi connectivity index (χ3v) is 5.55. The van der Waals surface area contributed by atoms with Gasteiger partial charge in [-0.2, -0.15) is 0 Å². The van der Waals surface area contributed by atoms with Gasteiger partial charge in [-0.25, -0.2) is 0 Å². The highest BCUT2D eigenvalue weighted by Gasteiger charge is 2.37. The first-order valence-electron chi connectivity index (χ1n) is 9.85. The van der Waals surface area contributed by atoms with Gasteiger partial charge in [0.1, 0.15) is 0 Å². The molecule has 2 saturated heterocycles. The maximum absolute atomic E-state index is 12.9. The van der Waals surface area contributed by atoms with E-state index in [1.54, 1.807) is 38.2 Å². The molecule has 2 aliphatic heterocycles. The molecule has 2 aliphatic rings. The Balaban J connectivity index is 2.08. The zero-order chi connectivity index (χ0) is 20.5. The van der Waals surface area contributed by atoms with E-state index in [4.69, 9.17) is 18.9 Å². The van der Waals surface area contributed by atoms with Crippen molar-refractivity contribution in [3.8, 4) is 0 Å². The highest BCUT2D eigenvalue weighted by molar-refractivity contribution is 5.97. The van der Waals surface area contributed by atoms with Gasteiger partial charge in [0.05, 0.1) is 50.6 Å². The third-order valence-electron chi connectivity index (χ3n) is 5.55. The van der Waals surface area contributed by atoms with Crippen LogP contribution in [-0.4, -0.2) is 101 Å². The molecular weight excluding hydrogens is 364 g/mol. The number of carbonyl (C=O) groups excluding carboxylic acids is 2. The van der Waals surface area contributed by atoms with E-state index in [9.17, 15) is 9.59 Å². The largest absolute Gasteiger partial charge is 0.383 e. The Kier molecular flexibility index (Phi) is 9.37. The van der Waals surface area contributed by atoms with Crippen LogP contribution in [0.4, 0.5) is 0 Å². The Hall–Kier alpha value is -1.48. The summed E-state index contributed by atoms with van der Waals surface area (Å²) in [6.07, 6.45) is 6.23. The first-order chi connectivity index (χ1) is 13.6. The van der Waals surface area contributed by atoms with E-state index >= 15 is 0 Å².